The Kier molecular flexibility index (Phi) is 3.19. The third-order valence-electron chi connectivity index (χ3n) is 4.46. The van der Waals surface area contributed by atoms with Crippen LogP contribution >= 0.6 is 0 Å². The van der Waals surface area contributed by atoms with Crippen molar-refractivity contribution in [3.63, 3.8) is 0 Å². The molecule has 0 amide bonds. The van der Waals surface area contributed by atoms with Gasteiger partial charge in [-0.3, -0.25) is 4.79 Å². The molecular weight excluding hydrogens is 268 g/mol. The van der Waals surface area contributed by atoms with Crippen molar-refractivity contribution in [3.05, 3.63) is 29.3 Å². The Morgan fingerprint density at radius 1 is 1.38 bits per heavy atom. The molecule has 0 bridgehead atoms. The van der Waals surface area contributed by atoms with E-state index in [1.165, 1.54) is 6.92 Å². The molecule has 2 atom stereocenters. The average molecular weight is 288 g/mol. The third kappa shape index (κ3) is 1.93. The molecule has 1 aromatic carbocycles. The molecule has 1 aliphatic heterocycles. The third-order valence-corrected chi connectivity index (χ3v) is 4.46. The van der Waals surface area contributed by atoms with Gasteiger partial charge in [0.1, 0.15) is 28.4 Å². The van der Waals surface area contributed by atoms with Crippen molar-refractivity contribution in [2.75, 3.05) is 14.2 Å². The molecule has 4 nitrogen and oxygen atoms in total. The maximum atomic E-state index is 12.0. The Hall–Kier alpha value is -1.97. The molecule has 0 N–H and O–H groups in total. The molecule has 3 rings (SSSR count). The van der Waals surface area contributed by atoms with Gasteiger partial charge in [0, 0.05) is 17.5 Å². The van der Waals surface area contributed by atoms with Crippen LogP contribution in [0.25, 0.3) is 0 Å². The van der Waals surface area contributed by atoms with Crippen molar-refractivity contribution < 1.29 is 19.0 Å². The van der Waals surface area contributed by atoms with Crippen LogP contribution in [0.15, 0.2) is 18.2 Å². The summed E-state index contributed by atoms with van der Waals surface area (Å²) in [5, 5.41) is 0. The lowest BCUT2D eigenvalue weighted by Crippen LogP contribution is -2.33. The minimum absolute atomic E-state index is 0.0635. The maximum Gasteiger partial charge on any atom is 0.167 e. The van der Waals surface area contributed by atoms with Gasteiger partial charge in [-0.15, -0.1) is 0 Å². The largest absolute Gasteiger partial charge is 0.496 e. The van der Waals surface area contributed by atoms with Crippen LogP contribution in [0.5, 0.6) is 17.2 Å². The molecule has 1 heterocycles. The lowest BCUT2D eigenvalue weighted by Gasteiger charge is -2.30. The summed E-state index contributed by atoms with van der Waals surface area (Å²) in [6.45, 7) is 3.61. The normalized spacial score (nSPS) is 25.8. The van der Waals surface area contributed by atoms with E-state index >= 15 is 0 Å². The Morgan fingerprint density at radius 3 is 2.76 bits per heavy atom. The van der Waals surface area contributed by atoms with Crippen LogP contribution in [0, 0.1) is 0 Å². The molecule has 2 aliphatic rings. The Balaban J connectivity index is 2.26. The number of hydrogen-bond acceptors (Lipinski definition) is 4. The van der Waals surface area contributed by atoms with Crippen molar-refractivity contribution in [2.45, 2.75) is 38.2 Å². The highest BCUT2D eigenvalue weighted by atomic mass is 16.5. The predicted octanol–water partition coefficient (Wildman–Crippen LogP) is 3.49. The molecule has 112 valence electrons. The Labute approximate surface area is 124 Å². The average Bonchev–Trinajstić information content (AvgIpc) is 2.76. The highest BCUT2D eigenvalue weighted by Gasteiger charge is 2.47. The molecule has 1 aromatic rings. The van der Waals surface area contributed by atoms with Gasteiger partial charge in [-0.1, -0.05) is 6.08 Å². The van der Waals surface area contributed by atoms with Crippen molar-refractivity contribution in [3.8, 4) is 17.2 Å². The number of fused-ring (bicyclic) bond motifs is 3. The highest BCUT2D eigenvalue weighted by molar-refractivity contribution is 6.00. The summed E-state index contributed by atoms with van der Waals surface area (Å²) in [5.74, 6) is 2.00. The second kappa shape index (κ2) is 4.79. The van der Waals surface area contributed by atoms with Gasteiger partial charge in [0.05, 0.1) is 14.2 Å². The minimum Gasteiger partial charge on any atom is -0.496 e. The van der Waals surface area contributed by atoms with E-state index in [1.807, 2.05) is 6.07 Å². The first-order chi connectivity index (χ1) is 10.0. The van der Waals surface area contributed by atoms with Crippen LogP contribution in [0.3, 0.4) is 0 Å². The molecule has 0 unspecified atom stereocenters. The number of rotatable bonds is 3. The van der Waals surface area contributed by atoms with Gasteiger partial charge < -0.3 is 14.2 Å². The van der Waals surface area contributed by atoms with Crippen molar-refractivity contribution in [1.82, 2.24) is 0 Å². The molecule has 0 fully saturated rings. The zero-order chi connectivity index (χ0) is 15.2. The summed E-state index contributed by atoms with van der Waals surface area (Å²) in [6, 6.07) is 1.81. The molecule has 4 heteroatoms. The SMILES string of the molecule is COc1cc2c(c(OC)c1C(C)=O)[C@@H]1CCC=C[C@]1(C)O2. The second-order valence-electron chi connectivity index (χ2n) is 5.77. The summed E-state index contributed by atoms with van der Waals surface area (Å²) in [4.78, 5) is 12.0. The van der Waals surface area contributed by atoms with Crippen LogP contribution in [0.2, 0.25) is 0 Å². The first kappa shape index (κ1) is 14.0. The number of Topliss-reactive ketones (excluding diaryl/α,β-unsaturated/α-hetero) is 1. The number of ketones is 1. The zero-order valence-corrected chi connectivity index (χ0v) is 12.9. The quantitative estimate of drug-likeness (QED) is 0.631. The number of methoxy groups -OCH3 is 2. The predicted molar refractivity (Wildman–Crippen MR) is 79.7 cm³/mol. The van der Waals surface area contributed by atoms with Gasteiger partial charge in [0.2, 0.25) is 0 Å². The molecule has 0 saturated carbocycles. The number of ether oxygens (including phenoxy) is 3. The fourth-order valence-electron chi connectivity index (χ4n) is 3.50. The van der Waals surface area contributed by atoms with Crippen molar-refractivity contribution in [1.29, 1.82) is 0 Å². The molecule has 1 aliphatic carbocycles. The summed E-state index contributed by atoms with van der Waals surface area (Å²) in [5.41, 5.74) is 1.13. The van der Waals surface area contributed by atoms with Crippen LogP contribution in [0.4, 0.5) is 0 Å². The first-order valence-corrected chi connectivity index (χ1v) is 7.18. The smallest absolute Gasteiger partial charge is 0.167 e. The lowest BCUT2D eigenvalue weighted by atomic mass is 9.78. The zero-order valence-electron chi connectivity index (χ0n) is 12.9. The summed E-state index contributed by atoms with van der Waals surface area (Å²) >= 11 is 0. The molecule has 0 spiro atoms. The summed E-state index contributed by atoms with van der Waals surface area (Å²) in [6.07, 6.45) is 6.26. The molecule has 0 radical (unpaired) electrons. The first-order valence-electron chi connectivity index (χ1n) is 7.18. The maximum absolute atomic E-state index is 12.0. The fraction of sp³-hybridized carbons (Fsp3) is 0.471. The van der Waals surface area contributed by atoms with Crippen LogP contribution in [-0.4, -0.2) is 25.6 Å². The van der Waals surface area contributed by atoms with Gasteiger partial charge in [-0.2, -0.15) is 0 Å². The van der Waals surface area contributed by atoms with E-state index in [4.69, 9.17) is 14.2 Å². The number of hydrogen-bond donors (Lipinski definition) is 0. The standard InChI is InChI=1S/C17H20O4/c1-10(18)14-12(19-3)9-13-15(16(14)20-4)11-7-5-6-8-17(11,2)21-13/h6,8-9,11H,5,7H2,1-4H3/t11-,17-/m0/s1. The summed E-state index contributed by atoms with van der Waals surface area (Å²) < 4.78 is 17.1. The van der Waals surface area contributed by atoms with Gasteiger partial charge in [0.25, 0.3) is 0 Å². The molecule has 21 heavy (non-hydrogen) atoms. The van der Waals surface area contributed by atoms with E-state index in [1.54, 1.807) is 14.2 Å². The van der Waals surface area contributed by atoms with Crippen molar-refractivity contribution >= 4 is 5.78 Å². The van der Waals surface area contributed by atoms with Crippen LogP contribution in [-0.2, 0) is 0 Å². The van der Waals surface area contributed by atoms with Gasteiger partial charge in [-0.25, -0.2) is 0 Å². The second-order valence-corrected chi connectivity index (χ2v) is 5.77. The number of allylic oxidation sites excluding steroid dienone is 1. The molecular formula is C17H20O4. The summed E-state index contributed by atoms with van der Waals surface area (Å²) in [7, 11) is 3.15. The number of benzene rings is 1. The van der Waals surface area contributed by atoms with E-state index in [0.29, 0.717) is 17.1 Å². The minimum atomic E-state index is -0.367. The lowest BCUT2D eigenvalue weighted by molar-refractivity contribution is 0.101. The van der Waals surface area contributed by atoms with E-state index in [-0.39, 0.29) is 17.3 Å². The number of carbonyl (C=O) groups is 1. The van der Waals surface area contributed by atoms with E-state index in [2.05, 4.69) is 19.1 Å². The van der Waals surface area contributed by atoms with Gasteiger partial charge in [0.15, 0.2) is 5.78 Å². The monoisotopic (exact) mass is 288 g/mol. The van der Waals surface area contributed by atoms with E-state index in [0.717, 1.165) is 24.2 Å². The fourth-order valence-corrected chi connectivity index (χ4v) is 3.50. The number of carbonyl (C=O) groups excluding carboxylic acids is 1. The van der Waals surface area contributed by atoms with Gasteiger partial charge >= 0.3 is 0 Å². The topological polar surface area (TPSA) is 44.8 Å². The Bertz CT molecular complexity index is 632. The van der Waals surface area contributed by atoms with Gasteiger partial charge in [-0.05, 0) is 32.8 Å². The van der Waals surface area contributed by atoms with Crippen molar-refractivity contribution in [2.24, 2.45) is 0 Å². The van der Waals surface area contributed by atoms with Crippen LogP contribution < -0.4 is 14.2 Å². The van der Waals surface area contributed by atoms with E-state index in [9.17, 15) is 4.79 Å². The highest BCUT2D eigenvalue weighted by Crippen LogP contribution is 2.55. The van der Waals surface area contributed by atoms with Crippen LogP contribution in [0.1, 0.15) is 48.5 Å². The Morgan fingerprint density at radius 2 is 2.14 bits per heavy atom. The molecule has 0 aromatic heterocycles. The van der Waals surface area contributed by atoms with E-state index < -0.39 is 0 Å². The molecule has 0 saturated heterocycles.